The van der Waals surface area contributed by atoms with Crippen molar-refractivity contribution in [2.75, 3.05) is 13.1 Å². The van der Waals surface area contributed by atoms with E-state index in [0.717, 1.165) is 18.4 Å². The Morgan fingerprint density at radius 2 is 1.96 bits per heavy atom. The molecule has 0 fully saturated rings. The van der Waals surface area contributed by atoms with Gasteiger partial charge in [0, 0.05) is 6.54 Å². The van der Waals surface area contributed by atoms with E-state index in [0.29, 0.717) is 12.3 Å². The second kappa shape index (κ2) is 7.69. The smallest absolute Gasteiger partial charge is 0.314 e. The van der Waals surface area contributed by atoms with Crippen LogP contribution in [0.4, 0.5) is 4.79 Å². The maximum Gasteiger partial charge on any atom is 0.314 e. The Hall–Kier alpha value is -2.47. The van der Waals surface area contributed by atoms with Crippen molar-refractivity contribution in [2.24, 2.45) is 0 Å². The SMILES string of the molecule is CC(O)(CNC(=O)NCCCc1ccc(O)cc1)c1ccco1. The summed E-state index contributed by atoms with van der Waals surface area (Å²) in [7, 11) is 0. The number of phenols is 1. The number of rotatable bonds is 7. The van der Waals surface area contributed by atoms with Gasteiger partial charge in [0.15, 0.2) is 0 Å². The van der Waals surface area contributed by atoms with Crippen LogP contribution >= 0.6 is 0 Å². The quantitative estimate of drug-likeness (QED) is 0.588. The molecule has 124 valence electrons. The molecule has 2 aromatic rings. The van der Waals surface area contributed by atoms with Crippen LogP contribution in [0.15, 0.2) is 47.1 Å². The fourth-order valence-electron chi connectivity index (χ4n) is 2.14. The van der Waals surface area contributed by atoms with Gasteiger partial charge in [-0.15, -0.1) is 0 Å². The summed E-state index contributed by atoms with van der Waals surface area (Å²) in [6.45, 7) is 2.16. The molecule has 0 aliphatic carbocycles. The summed E-state index contributed by atoms with van der Waals surface area (Å²) in [5.74, 6) is 0.653. The number of urea groups is 1. The van der Waals surface area contributed by atoms with Crippen LogP contribution in [0.25, 0.3) is 0 Å². The topological polar surface area (TPSA) is 94.7 Å². The summed E-state index contributed by atoms with van der Waals surface area (Å²) in [5, 5.41) is 24.8. The molecule has 6 nitrogen and oxygen atoms in total. The number of hydrogen-bond acceptors (Lipinski definition) is 4. The van der Waals surface area contributed by atoms with Crippen molar-refractivity contribution in [1.82, 2.24) is 10.6 Å². The van der Waals surface area contributed by atoms with Gasteiger partial charge < -0.3 is 25.3 Å². The van der Waals surface area contributed by atoms with E-state index in [-0.39, 0.29) is 18.3 Å². The van der Waals surface area contributed by atoms with Crippen molar-refractivity contribution < 1.29 is 19.4 Å². The highest BCUT2D eigenvalue weighted by Gasteiger charge is 2.26. The molecule has 1 unspecified atom stereocenters. The summed E-state index contributed by atoms with van der Waals surface area (Å²) in [6, 6.07) is 10.0. The first-order chi connectivity index (χ1) is 11.0. The molecule has 0 aliphatic heterocycles. The van der Waals surface area contributed by atoms with Gasteiger partial charge in [0.05, 0.1) is 12.8 Å². The molecule has 1 heterocycles. The lowest BCUT2D eigenvalue weighted by atomic mass is 10.0. The number of carbonyl (C=O) groups excluding carboxylic acids is 1. The van der Waals surface area contributed by atoms with E-state index in [2.05, 4.69) is 10.6 Å². The number of furan rings is 1. The highest BCUT2D eigenvalue weighted by molar-refractivity contribution is 5.73. The minimum Gasteiger partial charge on any atom is -0.508 e. The number of amides is 2. The number of aryl methyl sites for hydroxylation is 1. The van der Waals surface area contributed by atoms with Crippen molar-refractivity contribution in [2.45, 2.75) is 25.4 Å². The van der Waals surface area contributed by atoms with Crippen molar-refractivity contribution in [3.8, 4) is 5.75 Å². The lowest BCUT2D eigenvalue weighted by Crippen LogP contribution is -2.43. The van der Waals surface area contributed by atoms with E-state index >= 15 is 0 Å². The van der Waals surface area contributed by atoms with Crippen molar-refractivity contribution in [3.63, 3.8) is 0 Å². The molecule has 0 bridgehead atoms. The predicted octanol–water partition coefficient (Wildman–Crippen LogP) is 2.12. The van der Waals surface area contributed by atoms with Gasteiger partial charge in [0.2, 0.25) is 0 Å². The largest absolute Gasteiger partial charge is 0.508 e. The molecule has 2 amide bonds. The number of aromatic hydroxyl groups is 1. The van der Waals surface area contributed by atoms with Crippen molar-refractivity contribution in [3.05, 3.63) is 54.0 Å². The Bertz CT molecular complexity index is 606. The van der Waals surface area contributed by atoms with Crippen molar-refractivity contribution >= 4 is 6.03 Å². The lowest BCUT2D eigenvalue weighted by molar-refractivity contribution is 0.0367. The van der Waals surface area contributed by atoms with Gasteiger partial charge >= 0.3 is 6.03 Å². The number of hydrogen-bond donors (Lipinski definition) is 4. The Labute approximate surface area is 135 Å². The molecule has 23 heavy (non-hydrogen) atoms. The Balaban J connectivity index is 1.64. The molecule has 0 spiro atoms. The molecule has 4 N–H and O–H groups in total. The second-order valence-electron chi connectivity index (χ2n) is 5.63. The first kappa shape index (κ1) is 16.9. The normalized spacial score (nSPS) is 13.3. The van der Waals surface area contributed by atoms with Gasteiger partial charge in [-0.05, 0) is 49.6 Å². The molecule has 0 saturated carbocycles. The average Bonchev–Trinajstić information content (AvgIpc) is 3.07. The maximum atomic E-state index is 11.7. The molecule has 1 aromatic heterocycles. The summed E-state index contributed by atoms with van der Waals surface area (Å²) in [4.78, 5) is 11.7. The van der Waals surface area contributed by atoms with Gasteiger partial charge in [-0.2, -0.15) is 0 Å². The van der Waals surface area contributed by atoms with E-state index in [4.69, 9.17) is 4.42 Å². The molecule has 6 heteroatoms. The lowest BCUT2D eigenvalue weighted by Gasteiger charge is -2.21. The zero-order valence-corrected chi connectivity index (χ0v) is 13.1. The van der Waals surface area contributed by atoms with E-state index < -0.39 is 5.60 Å². The fourth-order valence-corrected chi connectivity index (χ4v) is 2.14. The Morgan fingerprint density at radius 1 is 1.22 bits per heavy atom. The van der Waals surface area contributed by atoms with Crippen LogP contribution < -0.4 is 10.6 Å². The number of nitrogens with one attached hydrogen (secondary N) is 2. The molecular weight excluding hydrogens is 296 g/mol. The predicted molar refractivity (Wildman–Crippen MR) is 86.1 cm³/mol. The number of benzene rings is 1. The van der Waals surface area contributed by atoms with Gasteiger partial charge in [0.25, 0.3) is 0 Å². The third-order valence-electron chi connectivity index (χ3n) is 3.51. The van der Waals surface area contributed by atoms with Gasteiger partial charge in [-0.3, -0.25) is 0 Å². The van der Waals surface area contributed by atoms with E-state index in [1.807, 2.05) is 12.1 Å². The third kappa shape index (κ3) is 5.34. The van der Waals surface area contributed by atoms with Gasteiger partial charge in [0.1, 0.15) is 17.1 Å². The average molecular weight is 318 g/mol. The highest BCUT2D eigenvalue weighted by Crippen LogP contribution is 2.19. The molecule has 2 rings (SSSR count). The van der Waals surface area contributed by atoms with Crippen LogP contribution in [0.5, 0.6) is 5.75 Å². The van der Waals surface area contributed by atoms with Crippen LogP contribution in [0.3, 0.4) is 0 Å². The third-order valence-corrected chi connectivity index (χ3v) is 3.51. The van der Waals surface area contributed by atoms with E-state index in [1.165, 1.54) is 6.26 Å². The number of carbonyl (C=O) groups is 1. The van der Waals surface area contributed by atoms with Crippen LogP contribution in [0, 0.1) is 0 Å². The van der Waals surface area contributed by atoms with Crippen LogP contribution in [0.1, 0.15) is 24.7 Å². The first-order valence-electron chi connectivity index (χ1n) is 7.53. The summed E-state index contributed by atoms with van der Waals surface area (Å²) >= 11 is 0. The minimum absolute atomic E-state index is 0.0598. The number of phenolic OH excluding ortho intramolecular Hbond substituents is 1. The second-order valence-corrected chi connectivity index (χ2v) is 5.63. The standard InChI is InChI=1S/C17H22N2O4/c1-17(22,15-5-3-11-23-15)12-19-16(21)18-10-2-4-13-6-8-14(20)9-7-13/h3,5-9,11,20,22H,2,4,10,12H2,1H3,(H2,18,19,21). The fraction of sp³-hybridized carbons (Fsp3) is 0.353. The molecule has 0 radical (unpaired) electrons. The summed E-state index contributed by atoms with van der Waals surface area (Å²) < 4.78 is 5.15. The highest BCUT2D eigenvalue weighted by atomic mass is 16.4. The molecule has 1 atom stereocenters. The van der Waals surface area contributed by atoms with Gasteiger partial charge in [-0.1, -0.05) is 12.1 Å². The van der Waals surface area contributed by atoms with Crippen LogP contribution in [-0.4, -0.2) is 29.3 Å². The monoisotopic (exact) mass is 318 g/mol. The molecule has 0 aliphatic rings. The zero-order chi connectivity index (χ0) is 16.7. The molecular formula is C17H22N2O4. The Kier molecular flexibility index (Phi) is 5.65. The maximum absolute atomic E-state index is 11.7. The van der Waals surface area contributed by atoms with Crippen LogP contribution in [0.2, 0.25) is 0 Å². The van der Waals surface area contributed by atoms with E-state index in [1.54, 1.807) is 31.2 Å². The summed E-state index contributed by atoms with van der Waals surface area (Å²) in [6.07, 6.45) is 3.07. The Morgan fingerprint density at radius 3 is 2.61 bits per heavy atom. The van der Waals surface area contributed by atoms with Crippen LogP contribution in [-0.2, 0) is 12.0 Å². The molecule has 0 saturated heterocycles. The minimum atomic E-state index is -1.24. The first-order valence-corrected chi connectivity index (χ1v) is 7.53. The van der Waals surface area contributed by atoms with E-state index in [9.17, 15) is 15.0 Å². The molecule has 1 aromatic carbocycles. The summed E-state index contributed by atoms with van der Waals surface area (Å²) in [5.41, 5.74) is -0.141. The van der Waals surface area contributed by atoms with Gasteiger partial charge in [-0.25, -0.2) is 4.79 Å². The zero-order valence-electron chi connectivity index (χ0n) is 13.1. The van der Waals surface area contributed by atoms with Crippen molar-refractivity contribution in [1.29, 1.82) is 0 Å². The number of aliphatic hydroxyl groups is 1.